The van der Waals surface area contributed by atoms with Gasteiger partial charge in [0.1, 0.15) is 23.1 Å². The van der Waals surface area contributed by atoms with Gasteiger partial charge >= 0.3 is 11.9 Å². The second kappa shape index (κ2) is 24.0. The Balaban J connectivity index is 0.000000164. The van der Waals surface area contributed by atoms with Crippen molar-refractivity contribution in [2.24, 2.45) is 11.8 Å². The van der Waals surface area contributed by atoms with Gasteiger partial charge in [-0.05, 0) is 107 Å². The SMILES string of the molecule is COC(=O)c1ccc(Br)c([N+](=O)[O-])c1.COC(=O)c1ccc(N2CC[C@H]3[C@@H](C2=O)[C@H](c2cccc(Cl)c2F)[C@]2(C(=O)Nc4cc(Cl)ccc42)N3C=O)c([N+](=O)[O-])c1.O=CN1[C@H]2CCCC(=O)[C@H]2[C@H](c2cccc(Cl)c2F)[C@]12C(=O)Nc1cc(Cl)ccc12. The molecule has 2 N–H and O–H groups in total. The van der Waals surface area contributed by atoms with Gasteiger partial charge in [-0.25, -0.2) is 18.4 Å². The number of carbonyl (C=O) groups is 8. The van der Waals surface area contributed by atoms with Crippen LogP contribution < -0.4 is 15.5 Å². The molecule has 87 heavy (non-hydrogen) atoms. The van der Waals surface area contributed by atoms with Crippen LogP contribution in [0, 0.1) is 43.7 Å². The third-order valence-electron chi connectivity index (χ3n) is 16.8. The minimum atomic E-state index is -1.87. The fourth-order valence-electron chi connectivity index (χ4n) is 13.4. The molecule has 2 spiro atoms. The van der Waals surface area contributed by atoms with Crippen LogP contribution in [0.1, 0.15) is 80.5 Å². The summed E-state index contributed by atoms with van der Waals surface area (Å²) in [5.41, 5.74) is -2.48. The van der Waals surface area contributed by atoms with Crippen LogP contribution in [0.4, 0.5) is 37.2 Å². The molecule has 0 aromatic heterocycles. The van der Waals surface area contributed by atoms with Crippen LogP contribution in [0.15, 0.2) is 114 Å². The number of amides is 5. The summed E-state index contributed by atoms with van der Waals surface area (Å²) >= 11 is 27.6. The molecule has 6 aromatic carbocycles. The Morgan fingerprint density at radius 3 is 1.61 bits per heavy atom. The lowest BCUT2D eigenvalue weighted by molar-refractivity contribution is -0.385. The molecule has 448 valence electrons. The van der Waals surface area contributed by atoms with Gasteiger partial charge in [0.15, 0.2) is 11.1 Å². The maximum atomic E-state index is 15.9. The van der Waals surface area contributed by atoms with E-state index in [4.69, 9.17) is 46.4 Å². The first-order chi connectivity index (χ1) is 41.5. The van der Waals surface area contributed by atoms with Crippen LogP contribution in [-0.2, 0) is 49.3 Å². The van der Waals surface area contributed by atoms with Crippen LogP contribution >= 0.6 is 62.3 Å². The summed E-state index contributed by atoms with van der Waals surface area (Å²) in [6.45, 7) is -0.0708. The van der Waals surface area contributed by atoms with Gasteiger partial charge in [0.2, 0.25) is 18.7 Å². The van der Waals surface area contributed by atoms with Crippen LogP contribution in [-0.4, -0.2) is 101 Å². The summed E-state index contributed by atoms with van der Waals surface area (Å²) < 4.78 is 40.6. The zero-order valence-electron chi connectivity index (χ0n) is 45.1. The Bertz CT molecular complexity index is 3980. The number of hydrogen-bond acceptors (Lipinski definition) is 14. The molecule has 0 unspecified atom stereocenters. The molecule has 6 aromatic rings. The van der Waals surface area contributed by atoms with E-state index in [2.05, 4.69) is 36.0 Å². The van der Waals surface area contributed by atoms with Gasteiger partial charge in [-0.3, -0.25) is 49.0 Å². The number of nitrogens with one attached hydrogen (secondary N) is 2. The number of nitrogens with zero attached hydrogens (tertiary/aromatic N) is 5. The Hall–Kier alpha value is -8.42. The van der Waals surface area contributed by atoms with E-state index in [1.165, 1.54) is 82.5 Å². The first-order valence-corrected chi connectivity index (χ1v) is 28.6. The van der Waals surface area contributed by atoms with E-state index in [-0.39, 0.29) is 62.4 Å². The lowest BCUT2D eigenvalue weighted by Crippen LogP contribution is -2.52. The highest BCUT2D eigenvalue weighted by Gasteiger charge is 2.71. The standard InChI is InChI=1S/C29H21Cl2FN4O7.C22H17Cl2FN2O3.C8H6BrNO4/c1-43-27(39)14-5-8-20(22(11-14)36(41)42)34-10-9-21-23(26(34)38)24(16-3-2-4-18(31)25(16)32)29(35(21)13-37)17-7-6-15(30)12-19(17)33-28(29)40;23-11-7-8-13-15(9-11)26-21(30)22(13)19(12-3-1-4-14(24)20(12)25)18-16(27(22)10-28)5-2-6-17(18)29;1-14-8(11)5-2-3-6(9)7(4-5)10(12)13/h2-8,11-13,21,23-24H,9-10H2,1H3,(H,33,40);1,3-4,7-10,16,18-19H,2,5-6H2,(H,26,30);2-4H,1H3/t21-,23+,24-,29+;16-,18-,19-,22+;/m00./s1. The number of likely N-dealkylation sites (tertiary alicyclic amines) is 2. The van der Waals surface area contributed by atoms with E-state index < -0.39 is 104 Å². The molecule has 6 aliphatic rings. The predicted octanol–water partition coefficient (Wildman–Crippen LogP) is 11.1. The second-order valence-corrected chi connectivity index (χ2v) is 23.3. The van der Waals surface area contributed by atoms with Crippen LogP contribution in [0.5, 0.6) is 0 Å². The molecule has 12 rings (SSSR count). The van der Waals surface area contributed by atoms with Gasteiger partial charge in [0.25, 0.3) is 23.2 Å². The van der Waals surface area contributed by atoms with E-state index >= 15 is 8.78 Å². The Kier molecular flexibility index (Phi) is 17.0. The number of esters is 2. The number of rotatable bonds is 9. The Morgan fingerprint density at radius 2 is 1.13 bits per heavy atom. The lowest BCUT2D eigenvalue weighted by Gasteiger charge is -2.37. The zero-order valence-corrected chi connectivity index (χ0v) is 49.8. The third kappa shape index (κ3) is 9.99. The van der Waals surface area contributed by atoms with Crippen molar-refractivity contribution in [2.45, 2.75) is 60.7 Å². The topological polar surface area (TPSA) is 275 Å². The lowest BCUT2D eigenvalue weighted by atomic mass is 9.68. The van der Waals surface area contributed by atoms with E-state index in [1.54, 1.807) is 36.4 Å². The minimum absolute atomic E-state index is 0.0708. The second-order valence-electron chi connectivity index (χ2n) is 20.8. The number of Topliss-reactive ketones (excluding diaryl/α,β-unsaturated/α-hetero) is 1. The Labute approximate surface area is 520 Å². The summed E-state index contributed by atoms with van der Waals surface area (Å²) in [5.74, 6) is -8.94. The largest absolute Gasteiger partial charge is 0.465 e. The van der Waals surface area contributed by atoms with Gasteiger partial charge in [-0.2, -0.15) is 0 Å². The van der Waals surface area contributed by atoms with Gasteiger partial charge in [-0.15, -0.1) is 0 Å². The van der Waals surface area contributed by atoms with Gasteiger partial charge in [0, 0.05) is 87.5 Å². The van der Waals surface area contributed by atoms with E-state index in [0.29, 0.717) is 69.1 Å². The number of methoxy groups -OCH3 is 2. The molecule has 0 radical (unpaired) electrons. The van der Waals surface area contributed by atoms with Crippen molar-refractivity contribution in [3.8, 4) is 0 Å². The maximum absolute atomic E-state index is 15.9. The molecule has 5 amide bonds. The van der Waals surface area contributed by atoms with Gasteiger partial charge < -0.3 is 34.8 Å². The van der Waals surface area contributed by atoms with E-state index in [0.717, 1.165) is 19.2 Å². The van der Waals surface area contributed by atoms with Crippen LogP contribution in [0.3, 0.4) is 0 Å². The monoisotopic (exact) mass is 1330 g/mol. The molecule has 0 bridgehead atoms. The number of hydrogen-bond donors (Lipinski definition) is 2. The summed E-state index contributed by atoms with van der Waals surface area (Å²) in [4.78, 5) is 129. The highest BCUT2D eigenvalue weighted by Crippen LogP contribution is 2.63. The highest BCUT2D eigenvalue weighted by molar-refractivity contribution is 9.10. The van der Waals surface area contributed by atoms with Crippen LogP contribution in [0.2, 0.25) is 20.1 Å². The van der Waals surface area contributed by atoms with Crippen molar-refractivity contribution < 1.29 is 66.5 Å². The summed E-state index contributed by atoms with van der Waals surface area (Å²) in [7, 11) is 2.35. The average Bonchev–Trinajstić information content (AvgIpc) is 1.54. The number of nitro benzene ring substituents is 2. The van der Waals surface area contributed by atoms with E-state index in [1.807, 2.05) is 0 Å². The number of piperidine rings is 1. The highest BCUT2D eigenvalue weighted by atomic mass is 79.9. The average molecular weight is 1330 g/mol. The van der Waals surface area contributed by atoms with Crippen molar-refractivity contribution in [2.75, 3.05) is 36.3 Å². The number of ketones is 1. The number of nitro groups is 2. The van der Waals surface area contributed by atoms with Crippen LogP contribution in [0.25, 0.3) is 0 Å². The smallest absolute Gasteiger partial charge is 0.338 e. The number of halogens is 7. The zero-order chi connectivity index (χ0) is 62.7. The molecule has 1 aliphatic carbocycles. The normalized spacial score (nSPS) is 23.7. The summed E-state index contributed by atoms with van der Waals surface area (Å²) in [5, 5.41) is 28.5. The van der Waals surface area contributed by atoms with Crippen molar-refractivity contribution in [3.05, 3.63) is 199 Å². The maximum Gasteiger partial charge on any atom is 0.338 e. The van der Waals surface area contributed by atoms with Gasteiger partial charge in [0.05, 0.1) is 55.6 Å². The number of benzene rings is 6. The summed E-state index contributed by atoms with van der Waals surface area (Å²) in [6.07, 6.45) is 2.69. The van der Waals surface area contributed by atoms with Gasteiger partial charge in [-0.1, -0.05) is 82.8 Å². The number of anilines is 3. The number of ether oxygens (including phenoxy) is 2. The first kappa shape index (κ1) is 61.7. The van der Waals surface area contributed by atoms with E-state index in [9.17, 15) is 58.6 Å². The molecule has 8 atom stereocenters. The first-order valence-electron chi connectivity index (χ1n) is 26.3. The molecule has 21 nitrogen and oxygen atoms in total. The molecule has 28 heteroatoms. The van der Waals surface area contributed by atoms with Crippen molar-refractivity contribution in [1.29, 1.82) is 0 Å². The molecular formula is C59H44BrCl4F2N7O14. The summed E-state index contributed by atoms with van der Waals surface area (Å²) in [6, 6.07) is 24.5. The quantitative estimate of drug-likeness (QED) is 0.0590. The van der Waals surface area contributed by atoms with Crippen molar-refractivity contribution in [1.82, 2.24) is 9.80 Å². The van der Waals surface area contributed by atoms with Crippen molar-refractivity contribution >= 4 is 139 Å². The molecule has 1 saturated carbocycles. The molecule has 5 heterocycles. The third-order valence-corrected chi connectivity index (χ3v) is 18.5. The number of fused-ring (bicyclic) bond motifs is 6. The minimum Gasteiger partial charge on any atom is -0.465 e. The Morgan fingerprint density at radius 1 is 0.655 bits per heavy atom. The molecule has 4 fully saturated rings. The molecular weight excluding hydrogens is 1290 g/mol. The number of carbonyl (C=O) groups excluding carboxylic acids is 8. The fraction of sp³-hybridized carbons (Fsp3) is 0.254. The van der Waals surface area contributed by atoms with Crippen molar-refractivity contribution in [3.63, 3.8) is 0 Å². The predicted molar refractivity (Wildman–Crippen MR) is 315 cm³/mol. The molecule has 3 saturated heterocycles. The molecule has 5 aliphatic heterocycles. The fourth-order valence-corrected chi connectivity index (χ4v) is 14.5.